The van der Waals surface area contributed by atoms with Gasteiger partial charge in [-0.2, -0.15) is 0 Å². The van der Waals surface area contributed by atoms with Crippen molar-refractivity contribution in [2.45, 2.75) is 32.7 Å². The maximum absolute atomic E-state index is 12.2. The lowest BCUT2D eigenvalue weighted by Gasteiger charge is -2.26. The molecular weight excluding hydrogens is 316 g/mol. The van der Waals surface area contributed by atoms with Crippen molar-refractivity contribution in [1.82, 2.24) is 15.0 Å². The van der Waals surface area contributed by atoms with Gasteiger partial charge < -0.3 is 9.42 Å². The van der Waals surface area contributed by atoms with Gasteiger partial charge in [0.2, 0.25) is 5.91 Å². The van der Waals surface area contributed by atoms with Crippen molar-refractivity contribution in [3.05, 3.63) is 28.1 Å². The molecule has 8 heteroatoms. The first-order chi connectivity index (χ1) is 11.1. The Morgan fingerprint density at radius 1 is 1.43 bits per heavy atom. The van der Waals surface area contributed by atoms with Gasteiger partial charge in [0.1, 0.15) is 5.76 Å². The molecule has 3 heterocycles. The molecule has 0 radical (unpaired) electrons. The van der Waals surface area contributed by atoms with Crippen molar-refractivity contribution in [1.29, 1.82) is 0 Å². The Kier molecular flexibility index (Phi) is 3.41. The minimum Gasteiger partial charge on any atom is -0.361 e. The van der Waals surface area contributed by atoms with Gasteiger partial charge in [0.25, 0.3) is 5.91 Å². The van der Waals surface area contributed by atoms with Crippen molar-refractivity contribution >= 4 is 28.3 Å². The zero-order valence-corrected chi connectivity index (χ0v) is 13.5. The minimum absolute atomic E-state index is 0.235. The van der Waals surface area contributed by atoms with Crippen LogP contribution in [-0.2, 0) is 17.8 Å². The van der Waals surface area contributed by atoms with E-state index in [2.05, 4.69) is 15.5 Å². The number of nitrogens with one attached hydrogen (secondary N) is 1. The maximum atomic E-state index is 12.2. The van der Waals surface area contributed by atoms with Crippen LogP contribution in [0.5, 0.6) is 0 Å². The molecule has 0 bridgehead atoms. The lowest BCUT2D eigenvalue weighted by Crippen LogP contribution is -2.36. The molecule has 2 amide bonds. The van der Waals surface area contributed by atoms with Crippen LogP contribution in [0, 0.1) is 12.8 Å². The van der Waals surface area contributed by atoms with E-state index in [4.69, 9.17) is 4.52 Å². The van der Waals surface area contributed by atoms with Gasteiger partial charge in [-0.15, -0.1) is 0 Å². The van der Waals surface area contributed by atoms with E-state index >= 15 is 0 Å². The van der Waals surface area contributed by atoms with Gasteiger partial charge >= 0.3 is 0 Å². The normalized spacial score (nSPS) is 17.0. The second kappa shape index (κ2) is 5.45. The molecule has 4 rings (SSSR count). The number of fused-ring (bicyclic) bond motifs is 1. The number of hydrogen-bond acceptors (Lipinski definition) is 6. The largest absolute Gasteiger partial charge is 0.361 e. The van der Waals surface area contributed by atoms with Crippen LogP contribution >= 0.6 is 11.3 Å². The molecule has 0 saturated heterocycles. The molecule has 7 nitrogen and oxygen atoms in total. The van der Waals surface area contributed by atoms with Crippen LogP contribution in [0.25, 0.3) is 0 Å². The zero-order chi connectivity index (χ0) is 16.0. The first kappa shape index (κ1) is 14.4. The summed E-state index contributed by atoms with van der Waals surface area (Å²) >= 11 is 1.42. The molecule has 1 aliphatic carbocycles. The molecule has 0 spiro atoms. The summed E-state index contributed by atoms with van der Waals surface area (Å²) in [5.74, 6) is 0.744. The number of rotatable bonds is 3. The van der Waals surface area contributed by atoms with E-state index in [1.807, 2.05) is 4.90 Å². The summed E-state index contributed by atoms with van der Waals surface area (Å²) in [4.78, 5) is 31.7. The summed E-state index contributed by atoms with van der Waals surface area (Å²) in [5.41, 5.74) is 1.21. The predicted octanol–water partition coefficient (Wildman–Crippen LogP) is 1.99. The molecule has 23 heavy (non-hydrogen) atoms. The third kappa shape index (κ3) is 2.86. The summed E-state index contributed by atoms with van der Waals surface area (Å²) in [6, 6.07) is 1.58. The van der Waals surface area contributed by atoms with Crippen LogP contribution in [0.15, 0.2) is 10.6 Å². The summed E-state index contributed by atoms with van der Waals surface area (Å²) in [5, 5.41) is 6.99. The van der Waals surface area contributed by atoms with E-state index in [1.165, 1.54) is 11.3 Å². The fourth-order valence-corrected chi connectivity index (χ4v) is 3.68. The summed E-state index contributed by atoms with van der Waals surface area (Å²) in [6.07, 6.45) is 2.77. The van der Waals surface area contributed by atoms with E-state index < -0.39 is 0 Å². The van der Waals surface area contributed by atoms with Crippen molar-refractivity contribution in [2.75, 3.05) is 11.9 Å². The van der Waals surface area contributed by atoms with E-state index in [9.17, 15) is 9.59 Å². The average Bonchev–Trinajstić information content (AvgIpc) is 3.17. The highest BCUT2D eigenvalue weighted by Gasteiger charge is 2.35. The summed E-state index contributed by atoms with van der Waals surface area (Å²) in [7, 11) is 0. The molecular formula is C15H16N4O3S. The van der Waals surface area contributed by atoms with Crippen LogP contribution < -0.4 is 5.32 Å². The van der Waals surface area contributed by atoms with Gasteiger partial charge in [-0.25, -0.2) is 4.98 Å². The minimum atomic E-state index is -0.334. The molecule has 1 aliphatic heterocycles. The van der Waals surface area contributed by atoms with Gasteiger partial charge in [0.15, 0.2) is 10.8 Å². The standard InChI is InChI=1S/C15H16N4O3S/c1-8-6-11(18-22-8)13(20)17-15-16-10-4-5-19(7-12(10)23-15)14(21)9-2-3-9/h6,9H,2-5,7H2,1H3,(H,16,17,20). The second-order valence-corrected chi connectivity index (χ2v) is 7.03. The van der Waals surface area contributed by atoms with E-state index in [0.717, 1.165) is 29.8 Å². The van der Waals surface area contributed by atoms with Gasteiger partial charge in [0, 0.05) is 29.8 Å². The molecule has 120 valence electrons. The molecule has 2 aromatic rings. The average molecular weight is 332 g/mol. The van der Waals surface area contributed by atoms with Crippen LogP contribution in [0.2, 0.25) is 0 Å². The topological polar surface area (TPSA) is 88.3 Å². The van der Waals surface area contributed by atoms with Crippen molar-refractivity contribution < 1.29 is 14.1 Å². The quantitative estimate of drug-likeness (QED) is 0.928. The monoisotopic (exact) mass is 332 g/mol. The first-order valence-electron chi connectivity index (χ1n) is 7.62. The van der Waals surface area contributed by atoms with E-state index in [1.54, 1.807) is 13.0 Å². The zero-order valence-electron chi connectivity index (χ0n) is 12.7. The summed E-state index contributed by atoms with van der Waals surface area (Å²) < 4.78 is 4.90. The number of anilines is 1. The SMILES string of the molecule is Cc1cc(C(=O)Nc2nc3c(s2)CN(C(=O)C2CC2)CC3)no1. The highest BCUT2D eigenvalue weighted by atomic mass is 32.1. The lowest BCUT2D eigenvalue weighted by atomic mass is 10.1. The number of aromatic nitrogens is 2. The number of nitrogens with zero attached hydrogens (tertiary/aromatic N) is 3. The molecule has 1 N–H and O–H groups in total. The van der Waals surface area contributed by atoms with Crippen LogP contribution in [0.4, 0.5) is 5.13 Å². The molecule has 2 aliphatic rings. The number of thiazole rings is 1. The number of carbonyl (C=O) groups is 2. The third-order valence-corrected chi connectivity index (χ3v) is 5.05. The number of aryl methyl sites for hydroxylation is 1. The Morgan fingerprint density at radius 3 is 2.96 bits per heavy atom. The van der Waals surface area contributed by atoms with Crippen LogP contribution in [-0.4, -0.2) is 33.4 Å². The Bertz CT molecular complexity index is 778. The predicted molar refractivity (Wildman–Crippen MR) is 83.2 cm³/mol. The van der Waals surface area contributed by atoms with Crippen molar-refractivity contribution in [3.8, 4) is 0 Å². The van der Waals surface area contributed by atoms with E-state index in [0.29, 0.717) is 24.0 Å². The van der Waals surface area contributed by atoms with Crippen molar-refractivity contribution in [2.24, 2.45) is 5.92 Å². The fraction of sp³-hybridized carbons (Fsp3) is 0.467. The number of hydrogen-bond donors (Lipinski definition) is 1. The molecule has 0 aromatic carbocycles. The third-order valence-electron chi connectivity index (χ3n) is 4.05. The first-order valence-corrected chi connectivity index (χ1v) is 8.44. The summed E-state index contributed by atoms with van der Waals surface area (Å²) in [6.45, 7) is 3.04. The molecule has 1 fully saturated rings. The Morgan fingerprint density at radius 2 is 2.26 bits per heavy atom. The van der Waals surface area contributed by atoms with Crippen molar-refractivity contribution in [3.63, 3.8) is 0 Å². The Hall–Kier alpha value is -2.22. The van der Waals surface area contributed by atoms with Gasteiger partial charge in [-0.05, 0) is 19.8 Å². The van der Waals surface area contributed by atoms with Gasteiger partial charge in [0.05, 0.1) is 12.2 Å². The number of carbonyl (C=O) groups excluding carboxylic acids is 2. The fourth-order valence-electron chi connectivity index (χ4n) is 2.66. The Labute approximate surface area is 136 Å². The highest BCUT2D eigenvalue weighted by Crippen LogP contribution is 2.34. The van der Waals surface area contributed by atoms with Gasteiger partial charge in [-0.3, -0.25) is 14.9 Å². The van der Waals surface area contributed by atoms with E-state index in [-0.39, 0.29) is 23.4 Å². The lowest BCUT2D eigenvalue weighted by molar-refractivity contribution is -0.133. The molecule has 2 aromatic heterocycles. The van der Waals surface area contributed by atoms with Gasteiger partial charge in [-0.1, -0.05) is 16.5 Å². The molecule has 1 saturated carbocycles. The maximum Gasteiger partial charge on any atom is 0.279 e. The van der Waals surface area contributed by atoms with Crippen LogP contribution in [0.3, 0.4) is 0 Å². The smallest absolute Gasteiger partial charge is 0.279 e. The van der Waals surface area contributed by atoms with Crippen LogP contribution in [0.1, 0.15) is 39.7 Å². The molecule has 0 unspecified atom stereocenters. The number of amides is 2. The second-order valence-electron chi connectivity index (χ2n) is 5.95. The highest BCUT2D eigenvalue weighted by molar-refractivity contribution is 7.15. The molecule has 0 atom stereocenters. The Balaban J connectivity index is 1.46.